The van der Waals surface area contributed by atoms with E-state index in [4.69, 9.17) is 4.74 Å². The minimum Gasteiger partial charge on any atom is -0.378 e. The number of nitrogens with zero attached hydrogens (tertiary/aromatic N) is 1. The predicted octanol–water partition coefficient (Wildman–Crippen LogP) is 2.77. The van der Waals surface area contributed by atoms with Crippen molar-refractivity contribution >= 4 is 15.9 Å². The van der Waals surface area contributed by atoms with Crippen LogP contribution >= 0.6 is 0 Å². The van der Waals surface area contributed by atoms with Crippen molar-refractivity contribution in [1.29, 1.82) is 0 Å². The summed E-state index contributed by atoms with van der Waals surface area (Å²) in [7, 11) is -3.71. The Balaban J connectivity index is 1.70. The third kappa shape index (κ3) is 5.65. The number of aryl methyl sites for hydroxylation is 2. The standard InChI is InChI=1S/C22H28N2O4S/c1-17-8-11-20(16-21(17)22(25)24-12-14-28-15-13-24)29(26,27)23-18(2)9-10-19-6-4-3-5-7-19/h3-8,11,16,18,23H,9-10,12-15H2,1-2H3/t18-/m1/s1. The molecule has 2 aromatic carbocycles. The molecule has 1 N–H and O–H groups in total. The van der Waals surface area contributed by atoms with Gasteiger partial charge in [0, 0.05) is 24.7 Å². The molecule has 1 heterocycles. The maximum atomic E-state index is 12.9. The van der Waals surface area contributed by atoms with Crippen LogP contribution in [0, 0.1) is 6.92 Å². The Labute approximate surface area is 172 Å². The second-order valence-corrected chi connectivity index (χ2v) is 9.14. The lowest BCUT2D eigenvalue weighted by Crippen LogP contribution is -2.41. The van der Waals surface area contributed by atoms with Gasteiger partial charge in [0.25, 0.3) is 5.91 Å². The molecule has 3 rings (SSSR count). The van der Waals surface area contributed by atoms with Crippen LogP contribution in [-0.2, 0) is 21.2 Å². The number of sulfonamides is 1. The quantitative estimate of drug-likeness (QED) is 0.753. The molecule has 0 spiro atoms. The van der Waals surface area contributed by atoms with Crippen molar-refractivity contribution in [1.82, 2.24) is 9.62 Å². The van der Waals surface area contributed by atoms with Gasteiger partial charge in [0.05, 0.1) is 18.1 Å². The van der Waals surface area contributed by atoms with Crippen LogP contribution in [0.15, 0.2) is 53.4 Å². The monoisotopic (exact) mass is 416 g/mol. The van der Waals surface area contributed by atoms with Crippen LogP contribution < -0.4 is 4.72 Å². The Morgan fingerprint density at radius 3 is 2.52 bits per heavy atom. The van der Waals surface area contributed by atoms with Gasteiger partial charge in [0.15, 0.2) is 0 Å². The van der Waals surface area contributed by atoms with E-state index in [-0.39, 0.29) is 16.8 Å². The second kappa shape index (κ2) is 9.52. The lowest BCUT2D eigenvalue weighted by molar-refractivity contribution is 0.0302. The molecular formula is C22H28N2O4S. The number of benzene rings is 2. The van der Waals surface area contributed by atoms with Gasteiger partial charge in [0.2, 0.25) is 10.0 Å². The van der Waals surface area contributed by atoms with Gasteiger partial charge in [-0.15, -0.1) is 0 Å². The molecule has 156 valence electrons. The largest absolute Gasteiger partial charge is 0.378 e. The van der Waals surface area contributed by atoms with E-state index >= 15 is 0 Å². The molecule has 1 amide bonds. The Hall–Kier alpha value is -2.22. The highest BCUT2D eigenvalue weighted by Gasteiger charge is 2.23. The molecule has 0 unspecified atom stereocenters. The van der Waals surface area contributed by atoms with Crippen molar-refractivity contribution < 1.29 is 17.9 Å². The molecular weight excluding hydrogens is 388 g/mol. The molecule has 1 atom stereocenters. The molecule has 0 bridgehead atoms. The van der Waals surface area contributed by atoms with Crippen molar-refractivity contribution in [2.24, 2.45) is 0 Å². The first-order valence-electron chi connectivity index (χ1n) is 9.91. The fourth-order valence-electron chi connectivity index (χ4n) is 3.36. The second-order valence-electron chi connectivity index (χ2n) is 7.43. The number of carbonyl (C=O) groups is 1. The van der Waals surface area contributed by atoms with Crippen LogP contribution in [0.2, 0.25) is 0 Å². The molecule has 0 aliphatic carbocycles. The molecule has 0 aromatic heterocycles. The highest BCUT2D eigenvalue weighted by atomic mass is 32.2. The number of ether oxygens (including phenoxy) is 1. The fourth-order valence-corrected chi connectivity index (χ4v) is 4.66. The van der Waals surface area contributed by atoms with Gasteiger partial charge >= 0.3 is 0 Å². The topological polar surface area (TPSA) is 75.7 Å². The molecule has 0 radical (unpaired) electrons. The lowest BCUT2D eigenvalue weighted by atomic mass is 10.1. The van der Waals surface area contributed by atoms with Crippen LogP contribution in [-0.4, -0.2) is 51.6 Å². The van der Waals surface area contributed by atoms with Crippen LogP contribution in [0.1, 0.15) is 34.8 Å². The van der Waals surface area contributed by atoms with Gasteiger partial charge in [-0.25, -0.2) is 13.1 Å². The zero-order valence-electron chi connectivity index (χ0n) is 16.9. The van der Waals surface area contributed by atoms with Gasteiger partial charge < -0.3 is 9.64 Å². The van der Waals surface area contributed by atoms with Crippen molar-refractivity contribution in [3.8, 4) is 0 Å². The Morgan fingerprint density at radius 2 is 1.83 bits per heavy atom. The summed E-state index contributed by atoms with van der Waals surface area (Å²) in [5.74, 6) is -0.153. The molecule has 2 aromatic rings. The Bertz CT molecular complexity index is 939. The van der Waals surface area contributed by atoms with Gasteiger partial charge in [-0.1, -0.05) is 36.4 Å². The third-order valence-corrected chi connectivity index (χ3v) is 6.70. The first kappa shape index (κ1) is 21.5. The maximum absolute atomic E-state index is 12.9. The first-order chi connectivity index (χ1) is 13.9. The molecule has 1 aliphatic heterocycles. The summed E-state index contributed by atoms with van der Waals surface area (Å²) in [6, 6.07) is 14.5. The van der Waals surface area contributed by atoms with Gasteiger partial charge in [-0.2, -0.15) is 0 Å². The smallest absolute Gasteiger partial charge is 0.254 e. The van der Waals surface area contributed by atoms with Gasteiger partial charge in [-0.3, -0.25) is 4.79 Å². The average Bonchev–Trinajstić information content (AvgIpc) is 2.73. The van der Waals surface area contributed by atoms with Gasteiger partial charge in [-0.05, 0) is 49.9 Å². The predicted molar refractivity (Wildman–Crippen MR) is 112 cm³/mol. The lowest BCUT2D eigenvalue weighted by Gasteiger charge is -2.27. The van der Waals surface area contributed by atoms with Crippen molar-refractivity contribution in [2.75, 3.05) is 26.3 Å². The number of morpholine rings is 1. The number of nitrogens with one attached hydrogen (secondary N) is 1. The van der Waals surface area contributed by atoms with E-state index in [2.05, 4.69) is 4.72 Å². The third-order valence-electron chi connectivity index (χ3n) is 5.11. The number of amides is 1. The summed E-state index contributed by atoms with van der Waals surface area (Å²) < 4.78 is 33.7. The fraction of sp³-hybridized carbons (Fsp3) is 0.409. The van der Waals surface area contributed by atoms with Gasteiger partial charge in [0.1, 0.15) is 0 Å². The number of hydrogen-bond acceptors (Lipinski definition) is 4. The normalized spacial score (nSPS) is 15.9. The molecule has 6 nitrogen and oxygen atoms in total. The zero-order valence-corrected chi connectivity index (χ0v) is 17.7. The Morgan fingerprint density at radius 1 is 1.14 bits per heavy atom. The summed E-state index contributed by atoms with van der Waals surface area (Å²) in [6.07, 6.45) is 1.48. The summed E-state index contributed by atoms with van der Waals surface area (Å²) >= 11 is 0. The van der Waals surface area contributed by atoms with Crippen LogP contribution in [0.5, 0.6) is 0 Å². The van der Waals surface area contributed by atoms with Crippen LogP contribution in [0.3, 0.4) is 0 Å². The summed E-state index contributed by atoms with van der Waals surface area (Å²) in [6.45, 7) is 5.72. The van der Waals surface area contributed by atoms with E-state index in [0.717, 1.165) is 12.0 Å². The average molecular weight is 417 g/mol. The number of hydrogen-bond donors (Lipinski definition) is 1. The van der Waals surface area contributed by atoms with E-state index in [0.29, 0.717) is 38.3 Å². The highest BCUT2D eigenvalue weighted by molar-refractivity contribution is 7.89. The van der Waals surface area contributed by atoms with Crippen molar-refractivity contribution in [3.05, 3.63) is 65.2 Å². The van der Waals surface area contributed by atoms with E-state index in [1.54, 1.807) is 17.0 Å². The Kier molecular flexibility index (Phi) is 7.05. The minimum absolute atomic E-state index is 0.117. The SMILES string of the molecule is Cc1ccc(S(=O)(=O)N[C@H](C)CCc2ccccc2)cc1C(=O)N1CCOCC1. The maximum Gasteiger partial charge on any atom is 0.254 e. The highest BCUT2D eigenvalue weighted by Crippen LogP contribution is 2.19. The van der Waals surface area contributed by atoms with E-state index in [1.807, 2.05) is 44.2 Å². The zero-order chi connectivity index (χ0) is 20.9. The summed E-state index contributed by atoms with van der Waals surface area (Å²) in [4.78, 5) is 14.7. The van der Waals surface area contributed by atoms with Crippen molar-refractivity contribution in [3.63, 3.8) is 0 Å². The molecule has 1 aliphatic rings. The van der Waals surface area contributed by atoms with E-state index in [9.17, 15) is 13.2 Å². The molecule has 0 saturated carbocycles. The molecule has 29 heavy (non-hydrogen) atoms. The van der Waals surface area contributed by atoms with Crippen LogP contribution in [0.25, 0.3) is 0 Å². The first-order valence-corrected chi connectivity index (χ1v) is 11.4. The van der Waals surface area contributed by atoms with Crippen molar-refractivity contribution in [2.45, 2.75) is 37.6 Å². The van der Waals surface area contributed by atoms with Crippen LogP contribution in [0.4, 0.5) is 0 Å². The number of carbonyl (C=O) groups excluding carboxylic acids is 1. The van der Waals surface area contributed by atoms with E-state index in [1.165, 1.54) is 11.6 Å². The summed E-state index contributed by atoms with van der Waals surface area (Å²) in [5.41, 5.74) is 2.36. The minimum atomic E-state index is -3.71. The summed E-state index contributed by atoms with van der Waals surface area (Å²) in [5, 5.41) is 0. The van der Waals surface area contributed by atoms with E-state index < -0.39 is 10.0 Å². The molecule has 1 fully saturated rings. The number of rotatable bonds is 7. The molecule has 1 saturated heterocycles. The molecule has 7 heteroatoms.